The average molecular weight is 360 g/mol. The Morgan fingerprint density at radius 1 is 1.23 bits per heavy atom. The molecule has 0 aromatic heterocycles. The SMILES string of the molecule is COc1ccc2c(c1)C(=O)CCN2C(=O)c1cccc(Br)c1. The van der Waals surface area contributed by atoms with Gasteiger partial charge in [0.1, 0.15) is 5.75 Å². The maximum atomic E-state index is 12.7. The monoisotopic (exact) mass is 359 g/mol. The number of Topliss-reactive ketones (excluding diaryl/α,β-unsaturated/α-hetero) is 1. The van der Waals surface area contributed by atoms with Crippen molar-refractivity contribution in [3.8, 4) is 5.75 Å². The standard InChI is InChI=1S/C17H14BrNO3/c1-22-13-5-6-15-14(10-13)16(20)7-8-19(15)17(21)11-3-2-4-12(18)9-11/h2-6,9-10H,7-8H2,1H3. The smallest absolute Gasteiger partial charge is 0.258 e. The summed E-state index contributed by atoms with van der Waals surface area (Å²) >= 11 is 3.37. The van der Waals surface area contributed by atoms with E-state index in [1.807, 2.05) is 12.1 Å². The van der Waals surface area contributed by atoms with Crippen molar-refractivity contribution in [1.82, 2.24) is 0 Å². The molecule has 0 spiro atoms. The van der Waals surface area contributed by atoms with Gasteiger partial charge in [-0.15, -0.1) is 0 Å². The molecule has 1 aliphatic rings. The Bertz CT molecular complexity index is 757. The molecule has 5 heteroatoms. The van der Waals surface area contributed by atoms with E-state index in [2.05, 4.69) is 15.9 Å². The number of ether oxygens (including phenoxy) is 1. The van der Waals surface area contributed by atoms with Gasteiger partial charge >= 0.3 is 0 Å². The van der Waals surface area contributed by atoms with E-state index in [4.69, 9.17) is 4.74 Å². The Hall–Kier alpha value is -2.14. The van der Waals surface area contributed by atoms with Gasteiger partial charge in [0, 0.05) is 28.6 Å². The number of ketones is 1. The Morgan fingerprint density at radius 2 is 2.05 bits per heavy atom. The van der Waals surface area contributed by atoms with Gasteiger partial charge in [0.15, 0.2) is 5.78 Å². The number of hydrogen-bond donors (Lipinski definition) is 0. The van der Waals surface area contributed by atoms with Gasteiger partial charge in [0.2, 0.25) is 0 Å². The van der Waals surface area contributed by atoms with E-state index in [9.17, 15) is 9.59 Å². The predicted octanol–water partition coefficient (Wildman–Crippen LogP) is 3.69. The molecule has 0 saturated carbocycles. The molecule has 1 aliphatic heterocycles. The number of anilines is 1. The normalized spacial score (nSPS) is 13.7. The number of carbonyl (C=O) groups is 2. The highest BCUT2D eigenvalue weighted by Gasteiger charge is 2.28. The van der Waals surface area contributed by atoms with E-state index in [-0.39, 0.29) is 11.7 Å². The molecule has 4 nitrogen and oxygen atoms in total. The van der Waals surface area contributed by atoms with Crippen molar-refractivity contribution in [1.29, 1.82) is 0 Å². The van der Waals surface area contributed by atoms with Gasteiger partial charge in [0.25, 0.3) is 5.91 Å². The molecule has 0 atom stereocenters. The Kier molecular flexibility index (Phi) is 3.98. The zero-order chi connectivity index (χ0) is 15.7. The van der Waals surface area contributed by atoms with Crippen LogP contribution >= 0.6 is 15.9 Å². The summed E-state index contributed by atoms with van der Waals surface area (Å²) in [5, 5.41) is 0. The van der Waals surface area contributed by atoms with Crippen molar-refractivity contribution < 1.29 is 14.3 Å². The molecule has 0 saturated heterocycles. The fourth-order valence-electron chi connectivity index (χ4n) is 2.56. The lowest BCUT2D eigenvalue weighted by Gasteiger charge is -2.29. The zero-order valence-corrected chi connectivity index (χ0v) is 13.6. The molecule has 3 rings (SSSR count). The summed E-state index contributed by atoms with van der Waals surface area (Å²) in [5.41, 5.74) is 1.77. The highest BCUT2D eigenvalue weighted by Crippen LogP contribution is 2.31. The number of rotatable bonds is 2. The Balaban J connectivity index is 2.02. The third-order valence-electron chi connectivity index (χ3n) is 3.67. The van der Waals surface area contributed by atoms with Crippen LogP contribution in [0.25, 0.3) is 0 Å². The van der Waals surface area contributed by atoms with E-state index in [1.165, 1.54) is 0 Å². The number of methoxy groups -OCH3 is 1. The highest BCUT2D eigenvalue weighted by atomic mass is 79.9. The maximum Gasteiger partial charge on any atom is 0.258 e. The fourth-order valence-corrected chi connectivity index (χ4v) is 2.96. The molecule has 2 aromatic rings. The summed E-state index contributed by atoms with van der Waals surface area (Å²) in [6, 6.07) is 12.5. The second-order valence-electron chi connectivity index (χ2n) is 5.02. The van der Waals surface area contributed by atoms with Gasteiger partial charge in [-0.05, 0) is 36.4 Å². The molecular weight excluding hydrogens is 346 g/mol. The number of amides is 1. The van der Waals surface area contributed by atoms with E-state index in [1.54, 1.807) is 42.3 Å². The van der Waals surface area contributed by atoms with Crippen molar-refractivity contribution in [3.05, 3.63) is 58.1 Å². The van der Waals surface area contributed by atoms with E-state index < -0.39 is 0 Å². The summed E-state index contributed by atoms with van der Waals surface area (Å²) in [5.74, 6) is 0.538. The molecule has 112 valence electrons. The highest BCUT2D eigenvalue weighted by molar-refractivity contribution is 9.10. The first-order valence-electron chi connectivity index (χ1n) is 6.89. The zero-order valence-electron chi connectivity index (χ0n) is 12.0. The molecule has 1 amide bonds. The molecule has 22 heavy (non-hydrogen) atoms. The Morgan fingerprint density at radius 3 is 2.77 bits per heavy atom. The first kappa shape index (κ1) is 14.8. The van der Waals surface area contributed by atoms with Gasteiger partial charge in [0.05, 0.1) is 12.8 Å². The molecular formula is C17H14BrNO3. The van der Waals surface area contributed by atoms with Crippen molar-refractivity contribution in [2.24, 2.45) is 0 Å². The molecule has 0 N–H and O–H groups in total. The number of fused-ring (bicyclic) bond motifs is 1. The van der Waals surface area contributed by atoms with Gasteiger partial charge in [-0.1, -0.05) is 22.0 Å². The molecule has 2 aromatic carbocycles. The van der Waals surface area contributed by atoms with Crippen LogP contribution in [0.4, 0.5) is 5.69 Å². The molecule has 0 unspecified atom stereocenters. The van der Waals surface area contributed by atoms with Gasteiger partial charge in [-0.3, -0.25) is 9.59 Å². The van der Waals surface area contributed by atoms with Crippen LogP contribution in [-0.2, 0) is 0 Å². The summed E-state index contributed by atoms with van der Waals surface area (Å²) < 4.78 is 6.01. The average Bonchev–Trinajstić information content (AvgIpc) is 2.54. The third-order valence-corrected chi connectivity index (χ3v) is 4.17. The van der Waals surface area contributed by atoms with Crippen molar-refractivity contribution >= 4 is 33.3 Å². The van der Waals surface area contributed by atoms with Crippen molar-refractivity contribution in [2.75, 3.05) is 18.6 Å². The first-order valence-corrected chi connectivity index (χ1v) is 7.68. The van der Waals surface area contributed by atoms with Gasteiger partial charge < -0.3 is 9.64 Å². The number of hydrogen-bond acceptors (Lipinski definition) is 3. The lowest BCUT2D eigenvalue weighted by atomic mass is 9.99. The minimum atomic E-state index is -0.111. The van der Waals surface area contributed by atoms with Gasteiger partial charge in [-0.25, -0.2) is 0 Å². The van der Waals surface area contributed by atoms with Crippen molar-refractivity contribution in [2.45, 2.75) is 6.42 Å². The summed E-state index contributed by atoms with van der Waals surface area (Å²) in [7, 11) is 1.56. The number of halogens is 1. The largest absolute Gasteiger partial charge is 0.497 e. The molecule has 1 heterocycles. The van der Waals surface area contributed by atoms with E-state index in [0.29, 0.717) is 35.5 Å². The second kappa shape index (κ2) is 5.93. The molecule has 0 aliphatic carbocycles. The van der Waals surface area contributed by atoms with Crippen LogP contribution in [0, 0.1) is 0 Å². The van der Waals surface area contributed by atoms with Gasteiger partial charge in [-0.2, -0.15) is 0 Å². The predicted molar refractivity (Wildman–Crippen MR) is 87.8 cm³/mol. The minimum absolute atomic E-state index is 0.0344. The van der Waals surface area contributed by atoms with E-state index in [0.717, 1.165) is 4.47 Å². The lowest BCUT2D eigenvalue weighted by Crippen LogP contribution is -2.37. The first-order chi connectivity index (χ1) is 10.6. The van der Waals surface area contributed by atoms with Crippen LogP contribution in [-0.4, -0.2) is 25.3 Å². The fraction of sp³-hybridized carbons (Fsp3) is 0.176. The molecule has 0 bridgehead atoms. The van der Waals surface area contributed by atoms with Crippen LogP contribution in [0.1, 0.15) is 27.1 Å². The summed E-state index contributed by atoms with van der Waals surface area (Å²) in [6.45, 7) is 0.392. The van der Waals surface area contributed by atoms with E-state index >= 15 is 0 Å². The van der Waals surface area contributed by atoms with Crippen LogP contribution < -0.4 is 9.64 Å². The van der Waals surface area contributed by atoms with Crippen molar-refractivity contribution in [3.63, 3.8) is 0 Å². The summed E-state index contributed by atoms with van der Waals surface area (Å²) in [4.78, 5) is 26.5. The number of nitrogens with zero attached hydrogens (tertiary/aromatic N) is 1. The van der Waals surface area contributed by atoms with Crippen LogP contribution in [0.5, 0.6) is 5.75 Å². The molecule has 0 fully saturated rings. The minimum Gasteiger partial charge on any atom is -0.497 e. The Labute approximate surface area is 136 Å². The second-order valence-corrected chi connectivity index (χ2v) is 5.94. The quantitative estimate of drug-likeness (QED) is 0.821. The maximum absolute atomic E-state index is 12.7. The topological polar surface area (TPSA) is 46.6 Å². The number of benzene rings is 2. The lowest BCUT2D eigenvalue weighted by molar-refractivity contribution is 0.0954. The third kappa shape index (κ3) is 2.64. The molecule has 0 radical (unpaired) electrons. The van der Waals surface area contributed by atoms with Crippen LogP contribution in [0.15, 0.2) is 46.9 Å². The van der Waals surface area contributed by atoms with Crippen LogP contribution in [0.2, 0.25) is 0 Å². The van der Waals surface area contributed by atoms with Crippen LogP contribution in [0.3, 0.4) is 0 Å². The number of carbonyl (C=O) groups excluding carboxylic acids is 2. The summed E-state index contributed by atoms with van der Waals surface area (Å²) in [6.07, 6.45) is 0.319.